The van der Waals surface area contributed by atoms with Crippen LogP contribution in [0.25, 0.3) is 6.08 Å². The minimum Gasteiger partial charge on any atom is -0.454 e. The smallest absolute Gasteiger partial charge is 0.244 e. The van der Waals surface area contributed by atoms with Gasteiger partial charge in [0.15, 0.2) is 11.5 Å². The van der Waals surface area contributed by atoms with E-state index in [4.69, 9.17) is 9.47 Å². The fraction of sp³-hybridized carbons (Fsp3) is 0.133. The van der Waals surface area contributed by atoms with Crippen LogP contribution in [0.2, 0.25) is 0 Å². The van der Waals surface area contributed by atoms with E-state index in [1.165, 1.54) is 6.08 Å². The highest BCUT2D eigenvalue weighted by Crippen LogP contribution is 2.32. The van der Waals surface area contributed by atoms with E-state index >= 15 is 0 Å². The van der Waals surface area contributed by atoms with Crippen molar-refractivity contribution in [3.8, 4) is 11.5 Å². The molecular weight excluding hydrogens is 274 g/mol. The highest BCUT2D eigenvalue weighted by atomic mass is 32.1. The number of thiophene rings is 1. The maximum Gasteiger partial charge on any atom is 0.244 e. The molecule has 0 fully saturated rings. The van der Waals surface area contributed by atoms with Crippen LogP contribution in [0.4, 0.5) is 0 Å². The minimum absolute atomic E-state index is 0.115. The lowest BCUT2D eigenvalue weighted by Gasteiger charge is -2.00. The fourth-order valence-electron chi connectivity index (χ4n) is 1.84. The van der Waals surface area contributed by atoms with Crippen LogP contribution in [0.5, 0.6) is 11.5 Å². The van der Waals surface area contributed by atoms with Crippen molar-refractivity contribution in [1.82, 2.24) is 5.32 Å². The number of amides is 1. The van der Waals surface area contributed by atoms with Gasteiger partial charge in [-0.1, -0.05) is 12.1 Å². The number of benzene rings is 1. The summed E-state index contributed by atoms with van der Waals surface area (Å²) >= 11 is 1.62. The molecular formula is C15H13NO3S. The van der Waals surface area contributed by atoms with E-state index < -0.39 is 0 Å². The zero-order valence-corrected chi connectivity index (χ0v) is 11.5. The lowest BCUT2D eigenvalue weighted by Crippen LogP contribution is -2.19. The molecule has 0 bridgehead atoms. The molecule has 4 nitrogen and oxygen atoms in total. The lowest BCUT2D eigenvalue weighted by atomic mass is 10.2. The van der Waals surface area contributed by atoms with Crippen LogP contribution >= 0.6 is 11.3 Å². The highest BCUT2D eigenvalue weighted by Gasteiger charge is 2.12. The van der Waals surface area contributed by atoms with E-state index in [1.807, 2.05) is 35.7 Å². The second kappa shape index (κ2) is 5.79. The molecule has 3 rings (SSSR count). The number of hydrogen-bond donors (Lipinski definition) is 1. The van der Waals surface area contributed by atoms with E-state index in [1.54, 1.807) is 17.4 Å². The Kier molecular flexibility index (Phi) is 3.69. The molecule has 0 unspecified atom stereocenters. The molecule has 0 radical (unpaired) electrons. The van der Waals surface area contributed by atoms with E-state index in [0.29, 0.717) is 12.3 Å². The molecule has 1 N–H and O–H groups in total. The first-order valence-electron chi connectivity index (χ1n) is 6.19. The van der Waals surface area contributed by atoms with Crippen molar-refractivity contribution in [2.75, 3.05) is 6.79 Å². The first-order valence-corrected chi connectivity index (χ1v) is 7.07. The molecule has 5 heteroatoms. The molecule has 2 heterocycles. The average molecular weight is 287 g/mol. The largest absolute Gasteiger partial charge is 0.454 e. The zero-order valence-electron chi connectivity index (χ0n) is 10.7. The van der Waals surface area contributed by atoms with Gasteiger partial charge < -0.3 is 14.8 Å². The van der Waals surface area contributed by atoms with Crippen LogP contribution in [0.15, 0.2) is 41.8 Å². The molecule has 20 heavy (non-hydrogen) atoms. The Morgan fingerprint density at radius 1 is 1.30 bits per heavy atom. The predicted molar refractivity (Wildman–Crippen MR) is 77.8 cm³/mol. The zero-order chi connectivity index (χ0) is 13.8. The standard InChI is InChI=1S/C15H13NO3S/c17-15(16-9-12-2-1-7-20-12)6-4-11-3-5-13-14(8-11)19-10-18-13/h1-8H,9-10H2,(H,16,17)/b6-4+. The van der Waals surface area contributed by atoms with Gasteiger partial charge in [0.1, 0.15) is 0 Å². The molecule has 1 aromatic heterocycles. The third-order valence-electron chi connectivity index (χ3n) is 2.84. The van der Waals surface area contributed by atoms with Crippen molar-refractivity contribution >= 4 is 23.3 Å². The Morgan fingerprint density at radius 3 is 3.05 bits per heavy atom. The SMILES string of the molecule is O=C(/C=C/c1ccc2c(c1)OCO2)NCc1cccs1. The van der Waals surface area contributed by atoms with E-state index in [2.05, 4.69) is 5.32 Å². The van der Waals surface area contributed by atoms with Crippen molar-refractivity contribution in [2.45, 2.75) is 6.54 Å². The number of carbonyl (C=O) groups is 1. The summed E-state index contributed by atoms with van der Waals surface area (Å²) in [5.41, 5.74) is 0.903. The lowest BCUT2D eigenvalue weighted by molar-refractivity contribution is -0.116. The minimum atomic E-state index is -0.115. The Balaban J connectivity index is 1.58. The number of fused-ring (bicyclic) bond motifs is 1. The maximum absolute atomic E-state index is 11.7. The van der Waals surface area contributed by atoms with Crippen molar-refractivity contribution in [1.29, 1.82) is 0 Å². The van der Waals surface area contributed by atoms with Crippen LogP contribution in [0.1, 0.15) is 10.4 Å². The molecule has 0 saturated heterocycles. The molecule has 0 atom stereocenters. The molecule has 1 aromatic carbocycles. The number of nitrogens with one attached hydrogen (secondary N) is 1. The van der Waals surface area contributed by atoms with Crippen molar-refractivity contribution < 1.29 is 14.3 Å². The summed E-state index contributed by atoms with van der Waals surface area (Å²) in [5, 5.41) is 4.83. The highest BCUT2D eigenvalue weighted by molar-refractivity contribution is 7.09. The van der Waals surface area contributed by atoms with Gasteiger partial charge in [0.05, 0.1) is 6.54 Å². The Hall–Kier alpha value is -2.27. The van der Waals surface area contributed by atoms with Crippen LogP contribution in [0.3, 0.4) is 0 Å². The summed E-state index contributed by atoms with van der Waals surface area (Å²) in [6, 6.07) is 9.54. The summed E-state index contributed by atoms with van der Waals surface area (Å²) in [5.74, 6) is 1.34. The Labute approximate surface area is 120 Å². The summed E-state index contributed by atoms with van der Waals surface area (Å²) in [6.07, 6.45) is 3.27. The summed E-state index contributed by atoms with van der Waals surface area (Å²) < 4.78 is 10.5. The third kappa shape index (κ3) is 3.00. The van der Waals surface area contributed by atoms with Gasteiger partial charge in [-0.25, -0.2) is 0 Å². The van der Waals surface area contributed by atoms with Gasteiger partial charge >= 0.3 is 0 Å². The molecule has 2 aromatic rings. The van der Waals surface area contributed by atoms with Crippen LogP contribution in [-0.4, -0.2) is 12.7 Å². The van der Waals surface area contributed by atoms with Gasteiger partial charge in [0.25, 0.3) is 0 Å². The van der Waals surface area contributed by atoms with Crippen molar-refractivity contribution in [2.24, 2.45) is 0 Å². The topological polar surface area (TPSA) is 47.6 Å². The number of carbonyl (C=O) groups excluding carboxylic acids is 1. The predicted octanol–water partition coefficient (Wildman–Crippen LogP) is 2.81. The molecule has 102 valence electrons. The summed E-state index contributed by atoms with van der Waals surface area (Å²) in [6.45, 7) is 0.811. The number of rotatable bonds is 4. The average Bonchev–Trinajstić information content (AvgIpc) is 3.13. The monoisotopic (exact) mass is 287 g/mol. The molecule has 1 aliphatic heterocycles. The fourth-order valence-corrected chi connectivity index (χ4v) is 2.48. The van der Waals surface area contributed by atoms with Gasteiger partial charge in [-0.15, -0.1) is 11.3 Å². The Bertz CT molecular complexity index is 635. The van der Waals surface area contributed by atoms with Crippen molar-refractivity contribution in [3.63, 3.8) is 0 Å². The van der Waals surface area contributed by atoms with Crippen LogP contribution in [-0.2, 0) is 11.3 Å². The molecule has 1 aliphatic rings. The van der Waals surface area contributed by atoms with Crippen molar-refractivity contribution in [3.05, 3.63) is 52.2 Å². The first kappa shape index (κ1) is 12.7. The first-order chi connectivity index (χ1) is 9.81. The van der Waals surface area contributed by atoms with Crippen LogP contribution in [0, 0.1) is 0 Å². The van der Waals surface area contributed by atoms with Crippen LogP contribution < -0.4 is 14.8 Å². The van der Waals surface area contributed by atoms with E-state index in [9.17, 15) is 4.79 Å². The summed E-state index contributed by atoms with van der Waals surface area (Å²) in [4.78, 5) is 12.8. The van der Waals surface area contributed by atoms with Gasteiger partial charge in [-0.3, -0.25) is 4.79 Å². The van der Waals surface area contributed by atoms with E-state index in [0.717, 1.165) is 16.2 Å². The quantitative estimate of drug-likeness (QED) is 0.880. The second-order valence-corrected chi connectivity index (χ2v) is 5.28. The van der Waals surface area contributed by atoms with Gasteiger partial charge in [0.2, 0.25) is 12.7 Å². The molecule has 0 aliphatic carbocycles. The normalized spacial score (nSPS) is 12.8. The maximum atomic E-state index is 11.7. The van der Waals surface area contributed by atoms with Gasteiger partial charge in [-0.05, 0) is 35.2 Å². The number of ether oxygens (including phenoxy) is 2. The second-order valence-electron chi connectivity index (χ2n) is 4.24. The molecule has 0 spiro atoms. The van der Waals surface area contributed by atoms with Gasteiger partial charge in [-0.2, -0.15) is 0 Å². The Morgan fingerprint density at radius 2 is 2.20 bits per heavy atom. The third-order valence-corrected chi connectivity index (χ3v) is 3.72. The molecule has 0 saturated carbocycles. The van der Waals surface area contributed by atoms with Gasteiger partial charge in [0, 0.05) is 11.0 Å². The van der Waals surface area contributed by atoms with E-state index in [-0.39, 0.29) is 12.7 Å². The summed E-state index contributed by atoms with van der Waals surface area (Å²) in [7, 11) is 0. The number of hydrogen-bond acceptors (Lipinski definition) is 4. The molecule has 1 amide bonds.